The molecule has 0 fully saturated rings. The molecule has 0 aliphatic heterocycles. The molecule has 0 N–H and O–H groups in total. The minimum atomic E-state index is 0.157. The highest BCUT2D eigenvalue weighted by Gasteiger charge is 2.17. The summed E-state index contributed by atoms with van der Waals surface area (Å²) in [6.07, 6.45) is 1.53. The number of rotatable bonds is 7. The maximum atomic E-state index is 11.2. The molecule has 2 nitrogen and oxygen atoms in total. The maximum Gasteiger partial charge on any atom is 0.120 e. The second kappa shape index (κ2) is 8.11. The SMILES string of the molecule is O=CC[C@H](CN(c1ccccc1)c1ccccc1)c1ccccc1. The Morgan fingerprint density at radius 3 is 1.62 bits per heavy atom. The number of hydrogen-bond acceptors (Lipinski definition) is 2. The summed E-state index contributed by atoms with van der Waals surface area (Å²) in [6, 6.07) is 30.9. The molecule has 0 amide bonds. The van der Waals surface area contributed by atoms with E-state index in [1.165, 1.54) is 5.56 Å². The third-order valence-corrected chi connectivity index (χ3v) is 4.19. The van der Waals surface area contributed by atoms with E-state index in [1.54, 1.807) is 0 Å². The van der Waals surface area contributed by atoms with Gasteiger partial charge in [0.15, 0.2) is 0 Å². The molecule has 0 aromatic heterocycles. The summed E-state index contributed by atoms with van der Waals surface area (Å²) in [5, 5.41) is 0. The van der Waals surface area contributed by atoms with Gasteiger partial charge in [0.05, 0.1) is 0 Å². The van der Waals surface area contributed by atoms with E-state index in [4.69, 9.17) is 0 Å². The molecule has 1 atom stereocenters. The second-order valence-electron chi connectivity index (χ2n) is 5.79. The topological polar surface area (TPSA) is 20.3 Å². The van der Waals surface area contributed by atoms with Crippen molar-refractivity contribution in [3.63, 3.8) is 0 Å². The molecule has 0 unspecified atom stereocenters. The Hall–Kier alpha value is -2.87. The van der Waals surface area contributed by atoms with Gasteiger partial charge in [0.25, 0.3) is 0 Å². The van der Waals surface area contributed by atoms with Crippen LogP contribution < -0.4 is 4.90 Å². The fourth-order valence-corrected chi connectivity index (χ4v) is 2.95. The molecule has 0 aliphatic carbocycles. The van der Waals surface area contributed by atoms with Gasteiger partial charge in [-0.1, -0.05) is 66.7 Å². The number of aldehydes is 1. The Morgan fingerprint density at radius 1 is 0.708 bits per heavy atom. The molecule has 3 aromatic rings. The Labute approximate surface area is 143 Å². The first kappa shape index (κ1) is 16.0. The van der Waals surface area contributed by atoms with Gasteiger partial charge in [0.1, 0.15) is 6.29 Å². The average molecular weight is 315 g/mol. The van der Waals surface area contributed by atoms with Gasteiger partial charge in [0.2, 0.25) is 0 Å². The number of para-hydroxylation sites is 2. The molecule has 0 saturated carbocycles. The third kappa shape index (κ3) is 3.90. The van der Waals surface area contributed by atoms with Crippen LogP contribution in [0.25, 0.3) is 0 Å². The van der Waals surface area contributed by atoms with Crippen LogP contribution in [-0.4, -0.2) is 12.8 Å². The van der Waals surface area contributed by atoms with Crippen LogP contribution in [-0.2, 0) is 4.79 Å². The van der Waals surface area contributed by atoms with E-state index in [0.717, 1.165) is 24.2 Å². The Bertz CT molecular complexity index is 701. The van der Waals surface area contributed by atoms with Crippen molar-refractivity contribution in [1.29, 1.82) is 0 Å². The van der Waals surface area contributed by atoms with E-state index in [-0.39, 0.29) is 5.92 Å². The van der Waals surface area contributed by atoms with Crippen molar-refractivity contribution in [2.45, 2.75) is 12.3 Å². The zero-order valence-electron chi connectivity index (χ0n) is 13.6. The quantitative estimate of drug-likeness (QED) is 0.559. The lowest BCUT2D eigenvalue weighted by Gasteiger charge is -2.29. The summed E-state index contributed by atoms with van der Waals surface area (Å²) >= 11 is 0. The van der Waals surface area contributed by atoms with Crippen LogP contribution in [0, 0.1) is 0 Å². The van der Waals surface area contributed by atoms with Crippen LogP contribution in [0.15, 0.2) is 91.0 Å². The van der Waals surface area contributed by atoms with Gasteiger partial charge in [-0.15, -0.1) is 0 Å². The summed E-state index contributed by atoms with van der Waals surface area (Å²) in [6.45, 7) is 0.761. The minimum absolute atomic E-state index is 0.157. The van der Waals surface area contributed by atoms with Crippen LogP contribution in [0.4, 0.5) is 11.4 Å². The molecule has 3 rings (SSSR count). The van der Waals surface area contributed by atoms with Crippen molar-refractivity contribution in [3.8, 4) is 0 Å². The van der Waals surface area contributed by atoms with Gasteiger partial charge in [0, 0.05) is 30.3 Å². The summed E-state index contributed by atoms with van der Waals surface area (Å²) in [5.41, 5.74) is 3.47. The van der Waals surface area contributed by atoms with Gasteiger partial charge >= 0.3 is 0 Å². The molecular formula is C22H21NO. The van der Waals surface area contributed by atoms with Crippen molar-refractivity contribution in [1.82, 2.24) is 0 Å². The summed E-state index contributed by atoms with van der Waals surface area (Å²) in [5.74, 6) is 0.157. The predicted octanol–water partition coefficient (Wildman–Crippen LogP) is 5.20. The lowest BCUT2D eigenvalue weighted by Crippen LogP contribution is -2.24. The van der Waals surface area contributed by atoms with Crippen LogP contribution in [0.2, 0.25) is 0 Å². The van der Waals surface area contributed by atoms with Gasteiger partial charge in [-0.2, -0.15) is 0 Å². The highest BCUT2D eigenvalue weighted by molar-refractivity contribution is 5.64. The number of carbonyl (C=O) groups is 1. The molecule has 0 aliphatic rings. The monoisotopic (exact) mass is 315 g/mol. The molecule has 0 bridgehead atoms. The van der Waals surface area contributed by atoms with Crippen molar-refractivity contribution in [3.05, 3.63) is 96.6 Å². The van der Waals surface area contributed by atoms with E-state index in [0.29, 0.717) is 6.42 Å². The molecule has 0 saturated heterocycles. The second-order valence-corrected chi connectivity index (χ2v) is 5.79. The maximum absolute atomic E-state index is 11.2. The fraction of sp³-hybridized carbons (Fsp3) is 0.136. The zero-order chi connectivity index (χ0) is 16.6. The number of nitrogens with zero attached hydrogens (tertiary/aromatic N) is 1. The molecule has 2 heteroatoms. The molecule has 0 spiro atoms. The number of anilines is 2. The largest absolute Gasteiger partial charge is 0.341 e. The lowest BCUT2D eigenvalue weighted by molar-refractivity contribution is -0.108. The van der Waals surface area contributed by atoms with Crippen molar-refractivity contribution >= 4 is 17.7 Å². The predicted molar refractivity (Wildman–Crippen MR) is 99.8 cm³/mol. The van der Waals surface area contributed by atoms with Crippen molar-refractivity contribution < 1.29 is 4.79 Å². The minimum Gasteiger partial charge on any atom is -0.341 e. The summed E-state index contributed by atoms with van der Waals surface area (Å²) < 4.78 is 0. The van der Waals surface area contributed by atoms with E-state index < -0.39 is 0 Å². The molecule has 24 heavy (non-hydrogen) atoms. The van der Waals surface area contributed by atoms with Gasteiger partial charge in [-0.25, -0.2) is 0 Å². The van der Waals surface area contributed by atoms with E-state index in [9.17, 15) is 4.79 Å². The molecule has 0 radical (unpaired) electrons. The van der Waals surface area contributed by atoms with Gasteiger partial charge in [-0.3, -0.25) is 0 Å². The zero-order valence-corrected chi connectivity index (χ0v) is 13.6. The number of benzene rings is 3. The van der Waals surface area contributed by atoms with E-state index in [2.05, 4.69) is 41.3 Å². The summed E-state index contributed by atoms with van der Waals surface area (Å²) in [7, 11) is 0. The number of carbonyl (C=O) groups excluding carboxylic acids is 1. The highest BCUT2D eigenvalue weighted by Crippen LogP contribution is 2.29. The van der Waals surface area contributed by atoms with Gasteiger partial charge < -0.3 is 9.69 Å². The van der Waals surface area contributed by atoms with Crippen LogP contribution in [0.5, 0.6) is 0 Å². The summed E-state index contributed by atoms with van der Waals surface area (Å²) in [4.78, 5) is 13.5. The van der Waals surface area contributed by atoms with E-state index >= 15 is 0 Å². The number of hydrogen-bond donors (Lipinski definition) is 0. The Morgan fingerprint density at radius 2 is 1.17 bits per heavy atom. The highest BCUT2D eigenvalue weighted by atomic mass is 16.1. The van der Waals surface area contributed by atoms with E-state index in [1.807, 2.05) is 54.6 Å². The lowest BCUT2D eigenvalue weighted by atomic mass is 9.95. The van der Waals surface area contributed by atoms with Gasteiger partial charge in [-0.05, 0) is 29.8 Å². The first-order valence-corrected chi connectivity index (χ1v) is 8.24. The van der Waals surface area contributed by atoms with Crippen LogP contribution in [0.3, 0.4) is 0 Å². The standard InChI is InChI=1S/C22H21NO/c24-17-16-20(19-10-4-1-5-11-19)18-23(21-12-6-2-7-13-21)22-14-8-3-9-15-22/h1-15,17,20H,16,18H2/t20-/m1/s1. The van der Waals surface area contributed by atoms with Crippen molar-refractivity contribution in [2.75, 3.05) is 11.4 Å². The molecule has 120 valence electrons. The smallest absolute Gasteiger partial charge is 0.120 e. The molecule has 3 aromatic carbocycles. The van der Waals surface area contributed by atoms with Crippen LogP contribution in [0.1, 0.15) is 17.9 Å². The van der Waals surface area contributed by atoms with Crippen molar-refractivity contribution in [2.24, 2.45) is 0 Å². The first-order chi connectivity index (χ1) is 11.9. The Balaban J connectivity index is 1.94. The average Bonchev–Trinajstić information content (AvgIpc) is 2.67. The fourth-order valence-electron chi connectivity index (χ4n) is 2.95. The Kier molecular flexibility index (Phi) is 5.41. The third-order valence-electron chi connectivity index (χ3n) is 4.19. The first-order valence-electron chi connectivity index (χ1n) is 8.24. The van der Waals surface area contributed by atoms with Crippen LogP contribution >= 0.6 is 0 Å². The molecule has 0 heterocycles. The normalized spacial score (nSPS) is 11.7. The molecular weight excluding hydrogens is 294 g/mol.